The summed E-state index contributed by atoms with van der Waals surface area (Å²) in [4.78, 5) is 15.0. The van der Waals surface area contributed by atoms with Crippen LogP contribution in [0.5, 0.6) is 17.2 Å². The van der Waals surface area contributed by atoms with Crippen molar-refractivity contribution < 1.29 is 19.0 Å². The average molecular weight is 396 g/mol. The number of benzene rings is 2. The number of para-hydroxylation sites is 2. The molecule has 0 saturated carbocycles. The number of carbonyl (C=O) groups excluding carboxylic acids is 1. The number of ether oxygens (including phenoxy) is 3. The van der Waals surface area contributed by atoms with E-state index in [1.165, 1.54) is 5.56 Å². The molecule has 0 unspecified atom stereocenters. The summed E-state index contributed by atoms with van der Waals surface area (Å²) in [6.45, 7) is 5.10. The molecular weight excluding hydrogens is 368 g/mol. The number of anilines is 1. The fourth-order valence-corrected chi connectivity index (χ4v) is 4.01. The van der Waals surface area contributed by atoms with Crippen molar-refractivity contribution in [3.05, 3.63) is 48.0 Å². The Balaban J connectivity index is 1.44. The fourth-order valence-electron chi connectivity index (χ4n) is 4.01. The quantitative estimate of drug-likeness (QED) is 0.799. The molecule has 0 spiro atoms. The molecule has 0 radical (unpaired) electrons. The number of rotatable bonds is 6. The Morgan fingerprint density at radius 3 is 2.83 bits per heavy atom. The summed E-state index contributed by atoms with van der Waals surface area (Å²) >= 11 is 0. The topological polar surface area (TPSA) is 60.0 Å². The largest absolute Gasteiger partial charge is 0.492 e. The van der Waals surface area contributed by atoms with Gasteiger partial charge in [-0.25, -0.2) is 0 Å². The second kappa shape index (κ2) is 9.18. The Hall–Kier alpha value is -2.73. The van der Waals surface area contributed by atoms with Crippen molar-refractivity contribution in [2.24, 2.45) is 0 Å². The molecule has 0 aliphatic carbocycles. The summed E-state index contributed by atoms with van der Waals surface area (Å²) in [5.41, 5.74) is 1.89. The molecule has 0 aromatic heterocycles. The lowest BCUT2D eigenvalue weighted by atomic mass is 10.0. The number of amides is 1. The number of carbonyl (C=O) groups is 1. The number of nitrogens with one attached hydrogen (secondary N) is 1. The van der Waals surface area contributed by atoms with E-state index in [4.69, 9.17) is 14.2 Å². The van der Waals surface area contributed by atoms with Crippen LogP contribution in [0, 0.1) is 0 Å². The molecule has 6 nitrogen and oxygen atoms in total. The van der Waals surface area contributed by atoms with Gasteiger partial charge in [0.05, 0.1) is 32.1 Å². The molecule has 2 aliphatic rings. The predicted octanol–water partition coefficient (Wildman–Crippen LogP) is 4.02. The summed E-state index contributed by atoms with van der Waals surface area (Å²) in [5, 5.41) is 3.00. The second-order valence-electron chi connectivity index (χ2n) is 7.36. The molecule has 29 heavy (non-hydrogen) atoms. The van der Waals surface area contributed by atoms with Gasteiger partial charge >= 0.3 is 0 Å². The number of fused-ring (bicyclic) bond motifs is 1. The first kappa shape index (κ1) is 19.6. The SMILES string of the molecule is CCOc1ccccc1NC(=O)CN1CCC[C@H]1c1ccc2c(c1)OCCCO2. The van der Waals surface area contributed by atoms with Crippen LogP contribution in [0.15, 0.2) is 42.5 Å². The Kier molecular flexibility index (Phi) is 6.20. The number of hydrogen-bond donors (Lipinski definition) is 1. The maximum atomic E-state index is 12.7. The Labute approximate surface area is 171 Å². The monoisotopic (exact) mass is 396 g/mol. The molecule has 1 atom stereocenters. The standard InChI is InChI=1S/C23H28N2O4/c1-2-27-20-9-4-3-7-18(20)24-23(26)16-25-12-5-8-19(25)17-10-11-21-22(15-17)29-14-6-13-28-21/h3-4,7,9-11,15,19H,2,5-6,8,12-14,16H2,1H3,(H,24,26)/t19-/m0/s1. The van der Waals surface area contributed by atoms with Crippen LogP contribution in [0.1, 0.15) is 37.8 Å². The van der Waals surface area contributed by atoms with Gasteiger partial charge < -0.3 is 19.5 Å². The molecule has 0 bridgehead atoms. The Morgan fingerprint density at radius 1 is 1.14 bits per heavy atom. The highest BCUT2D eigenvalue weighted by molar-refractivity contribution is 5.93. The first-order valence-electron chi connectivity index (χ1n) is 10.4. The van der Waals surface area contributed by atoms with Crippen LogP contribution < -0.4 is 19.5 Å². The van der Waals surface area contributed by atoms with Crippen molar-refractivity contribution >= 4 is 11.6 Å². The van der Waals surface area contributed by atoms with Gasteiger partial charge in [0, 0.05) is 12.5 Å². The lowest BCUT2D eigenvalue weighted by molar-refractivity contribution is -0.117. The lowest BCUT2D eigenvalue weighted by Gasteiger charge is -2.25. The van der Waals surface area contributed by atoms with Gasteiger partial charge in [-0.05, 0) is 56.1 Å². The van der Waals surface area contributed by atoms with E-state index in [1.807, 2.05) is 37.3 Å². The molecule has 6 heteroatoms. The first-order valence-corrected chi connectivity index (χ1v) is 10.4. The molecule has 2 aromatic rings. The van der Waals surface area contributed by atoms with Crippen molar-refractivity contribution in [1.29, 1.82) is 0 Å². The molecule has 1 amide bonds. The van der Waals surface area contributed by atoms with E-state index in [9.17, 15) is 4.79 Å². The number of nitrogens with zero attached hydrogens (tertiary/aromatic N) is 1. The highest BCUT2D eigenvalue weighted by atomic mass is 16.5. The highest BCUT2D eigenvalue weighted by Crippen LogP contribution is 2.37. The van der Waals surface area contributed by atoms with Crippen molar-refractivity contribution in [2.75, 3.05) is 38.2 Å². The molecule has 154 valence electrons. The predicted molar refractivity (Wildman–Crippen MR) is 112 cm³/mol. The number of hydrogen-bond acceptors (Lipinski definition) is 5. The third kappa shape index (κ3) is 4.65. The number of likely N-dealkylation sites (tertiary alicyclic amines) is 1. The van der Waals surface area contributed by atoms with Crippen LogP contribution in [0.25, 0.3) is 0 Å². The molecule has 4 rings (SSSR count). The molecule has 2 heterocycles. The summed E-state index contributed by atoms with van der Waals surface area (Å²) in [6, 6.07) is 13.9. The van der Waals surface area contributed by atoms with E-state index < -0.39 is 0 Å². The molecule has 1 N–H and O–H groups in total. The fraction of sp³-hybridized carbons (Fsp3) is 0.435. The lowest BCUT2D eigenvalue weighted by Crippen LogP contribution is -2.33. The van der Waals surface area contributed by atoms with E-state index in [2.05, 4.69) is 22.3 Å². The van der Waals surface area contributed by atoms with Gasteiger partial charge in [0.15, 0.2) is 11.5 Å². The van der Waals surface area contributed by atoms with Crippen molar-refractivity contribution in [2.45, 2.75) is 32.2 Å². The van der Waals surface area contributed by atoms with E-state index >= 15 is 0 Å². The van der Waals surface area contributed by atoms with Crippen LogP contribution >= 0.6 is 0 Å². The molecule has 1 fully saturated rings. The van der Waals surface area contributed by atoms with Gasteiger partial charge in [-0.2, -0.15) is 0 Å². The minimum atomic E-state index is -0.0293. The minimum absolute atomic E-state index is 0.0293. The van der Waals surface area contributed by atoms with E-state index in [-0.39, 0.29) is 11.9 Å². The van der Waals surface area contributed by atoms with Gasteiger partial charge in [0.1, 0.15) is 5.75 Å². The summed E-state index contributed by atoms with van der Waals surface area (Å²) in [7, 11) is 0. The molecular formula is C23H28N2O4. The second-order valence-corrected chi connectivity index (χ2v) is 7.36. The van der Waals surface area contributed by atoms with Gasteiger partial charge in [0.25, 0.3) is 0 Å². The third-order valence-electron chi connectivity index (χ3n) is 5.33. The van der Waals surface area contributed by atoms with E-state index in [1.54, 1.807) is 0 Å². The van der Waals surface area contributed by atoms with Crippen LogP contribution in [0.2, 0.25) is 0 Å². The minimum Gasteiger partial charge on any atom is -0.492 e. The summed E-state index contributed by atoms with van der Waals surface area (Å²) in [6.07, 6.45) is 2.99. The van der Waals surface area contributed by atoms with Gasteiger partial charge in [-0.1, -0.05) is 18.2 Å². The zero-order valence-electron chi connectivity index (χ0n) is 16.9. The molecule has 1 saturated heterocycles. The Bertz CT molecular complexity index is 855. The highest BCUT2D eigenvalue weighted by Gasteiger charge is 2.28. The Morgan fingerprint density at radius 2 is 1.97 bits per heavy atom. The smallest absolute Gasteiger partial charge is 0.238 e. The third-order valence-corrected chi connectivity index (χ3v) is 5.33. The van der Waals surface area contributed by atoms with Crippen LogP contribution in [0.3, 0.4) is 0 Å². The normalized spacial score (nSPS) is 18.9. The zero-order valence-corrected chi connectivity index (χ0v) is 16.9. The van der Waals surface area contributed by atoms with Crippen LogP contribution in [-0.2, 0) is 4.79 Å². The maximum Gasteiger partial charge on any atom is 0.238 e. The first-order chi connectivity index (χ1) is 14.2. The van der Waals surface area contributed by atoms with Crippen molar-refractivity contribution in [3.63, 3.8) is 0 Å². The molecule has 2 aliphatic heterocycles. The zero-order chi connectivity index (χ0) is 20.1. The van der Waals surface area contributed by atoms with E-state index in [0.29, 0.717) is 37.8 Å². The van der Waals surface area contributed by atoms with Gasteiger partial charge in [-0.15, -0.1) is 0 Å². The van der Waals surface area contributed by atoms with Gasteiger partial charge in [-0.3, -0.25) is 9.69 Å². The van der Waals surface area contributed by atoms with Crippen LogP contribution in [0.4, 0.5) is 5.69 Å². The van der Waals surface area contributed by atoms with Crippen molar-refractivity contribution in [1.82, 2.24) is 4.90 Å². The molecule has 2 aromatic carbocycles. The summed E-state index contributed by atoms with van der Waals surface area (Å²) < 4.78 is 17.2. The summed E-state index contributed by atoms with van der Waals surface area (Å²) in [5.74, 6) is 2.28. The van der Waals surface area contributed by atoms with Gasteiger partial charge in [0.2, 0.25) is 5.91 Å². The maximum absolute atomic E-state index is 12.7. The van der Waals surface area contributed by atoms with E-state index in [0.717, 1.165) is 37.3 Å². The van der Waals surface area contributed by atoms with Crippen molar-refractivity contribution in [3.8, 4) is 17.2 Å². The van der Waals surface area contributed by atoms with Crippen LogP contribution in [-0.4, -0.2) is 43.7 Å². The average Bonchev–Trinajstić information content (AvgIpc) is 3.04.